The second-order valence-electron chi connectivity index (χ2n) is 4.00. The third kappa shape index (κ3) is 3.92. The second-order valence-corrected chi connectivity index (χ2v) is 6.49. The molecule has 0 unspecified atom stereocenters. The normalized spacial score (nSPS) is 10.2. The Bertz CT molecular complexity index is 739. The summed E-state index contributed by atoms with van der Waals surface area (Å²) >= 11 is 11.1. The number of nitro benzene ring substituents is 1. The van der Waals surface area contributed by atoms with Crippen molar-refractivity contribution in [2.45, 2.75) is 0 Å². The summed E-state index contributed by atoms with van der Waals surface area (Å²) in [7, 11) is 0. The van der Waals surface area contributed by atoms with Gasteiger partial charge in [0.1, 0.15) is 5.02 Å². The van der Waals surface area contributed by atoms with E-state index >= 15 is 0 Å². The zero-order chi connectivity index (χ0) is 15.6. The van der Waals surface area contributed by atoms with Crippen LogP contribution in [0.25, 0.3) is 0 Å². The molecule has 0 radical (unpaired) electrons. The van der Waals surface area contributed by atoms with E-state index in [4.69, 9.17) is 11.6 Å². The summed E-state index contributed by atoms with van der Waals surface area (Å²) in [6.45, 7) is 0. The highest BCUT2D eigenvalue weighted by molar-refractivity contribution is 14.1. The van der Waals surface area contributed by atoms with Gasteiger partial charge in [0.05, 0.1) is 10.6 Å². The van der Waals surface area contributed by atoms with Crippen LogP contribution in [0.2, 0.25) is 5.02 Å². The van der Waals surface area contributed by atoms with Gasteiger partial charge >= 0.3 is 0 Å². The van der Waals surface area contributed by atoms with Crippen LogP contribution in [-0.2, 0) is 0 Å². The minimum atomic E-state index is -0.623. The van der Waals surface area contributed by atoms with E-state index in [2.05, 4.69) is 43.8 Å². The molecule has 2 rings (SSSR count). The summed E-state index contributed by atoms with van der Waals surface area (Å²) in [6.07, 6.45) is 0. The Morgan fingerprint density at radius 3 is 2.62 bits per heavy atom. The predicted molar refractivity (Wildman–Crippen MR) is 92.9 cm³/mol. The van der Waals surface area contributed by atoms with E-state index < -0.39 is 10.8 Å². The van der Waals surface area contributed by atoms with Crippen molar-refractivity contribution in [2.24, 2.45) is 0 Å². The highest BCUT2D eigenvalue weighted by Crippen LogP contribution is 2.27. The van der Waals surface area contributed by atoms with Crippen LogP contribution in [0, 0.1) is 13.7 Å². The van der Waals surface area contributed by atoms with E-state index in [1.807, 2.05) is 6.07 Å². The lowest BCUT2D eigenvalue weighted by Gasteiger charge is -2.08. The Hall–Kier alpha value is -1.19. The number of nitro groups is 1. The smallest absolute Gasteiger partial charge is 0.288 e. The predicted octanol–water partition coefficient (Wildman–Crippen LogP) is 4.87. The van der Waals surface area contributed by atoms with Gasteiger partial charge in [-0.1, -0.05) is 27.5 Å². The molecule has 108 valence electrons. The molecule has 0 saturated carbocycles. The molecule has 2 aromatic carbocycles. The van der Waals surface area contributed by atoms with Crippen molar-refractivity contribution in [1.82, 2.24) is 0 Å². The van der Waals surface area contributed by atoms with Crippen molar-refractivity contribution in [3.8, 4) is 0 Å². The van der Waals surface area contributed by atoms with Crippen LogP contribution in [0.15, 0.2) is 40.9 Å². The van der Waals surface area contributed by atoms with Crippen LogP contribution in [0.4, 0.5) is 11.4 Å². The van der Waals surface area contributed by atoms with Crippen molar-refractivity contribution >= 4 is 67.4 Å². The Balaban J connectivity index is 2.28. The maximum Gasteiger partial charge on any atom is 0.288 e. The van der Waals surface area contributed by atoms with Crippen LogP contribution < -0.4 is 5.32 Å². The molecule has 8 heteroatoms. The highest BCUT2D eigenvalue weighted by atomic mass is 127. The molecule has 0 aliphatic rings. The lowest BCUT2D eigenvalue weighted by molar-refractivity contribution is -0.384. The summed E-state index contributed by atoms with van der Waals surface area (Å²) in [5.74, 6) is -0.435. The molecule has 0 aromatic heterocycles. The molecule has 0 atom stereocenters. The number of anilines is 1. The summed E-state index contributed by atoms with van der Waals surface area (Å²) in [6, 6.07) is 9.32. The average molecular weight is 481 g/mol. The number of carbonyl (C=O) groups excluding carboxylic acids is 1. The SMILES string of the molecule is O=C(Nc1ccc(Br)cc1I)c1ccc(Cl)c([N+](=O)[O-])c1. The Morgan fingerprint density at radius 1 is 1.29 bits per heavy atom. The van der Waals surface area contributed by atoms with Crippen LogP contribution >= 0.6 is 50.1 Å². The van der Waals surface area contributed by atoms with Gasteiger partial charge in [-0.15, -0.1) is 0 Å². The van der Waals surface area contributed by atoms with Crippen molar-refractivity contribution in [1.29, 1.82) is 0 Å². The van der Waals surface area contributed by atoms with E-state index in [0.717, 1.165) is 14.1 Å². The third-order valence-corrected chi connectivity index (χ3v) is 4.29. The molecular weight excluding hydrogens is 474 g/mol. The van der Waals surface area contributed by atoms with Crippen LogP contribution in [0.3, 0.4) is 0 Å². The molecule has 1 N–H and O–H groups in total. The van der Waals surface area contributed by atoms with E-state index in [-0.39, 0.29) is 16.3 Å². The topological polar surface area (TPSA) is 72.2 Å². The number of benzene rings is 2. The minimum Gasteiger partial charge on any atom is -0.321 e. The van der Waals surface area contributed by atoms with Crippen molar-refractivity contribution < 1.29 is 9.72 Å². The van der Waals surface area contributed by atoms with Gasteiger partial charge in [0.2, 0.25) is 0 Å². The third-order valence-electron chi connectivity index (χ3n) is 2.58. The number of hydrogen-bond acceptors (Lipinski definition) is 3. The zero-order valence-electron chi connectivity index (χ0n) is 10.3. The number of nitrogens with zero attached hydrogens (tertiary/aromatic N) is 1. The Labute approximate surface area is 147 Å². The van der Waals surface area contributed by atoms with Gasteiger partial charge in [-0.25, -0.2) is 0 Å². The first-order chi connectivity index (χ1) is 9.88. The molecular formula is C13H7BrClIN2O3. The quantitative estimate of drug-likeness (QED) is 0.386. The maximum atomic E-state index is 12.1. The second kappa shape index (κ2) is 6.71. The number of amides is 1. The summed E-state index contributed by atoms with van der Waals surface area (Å²) in [4.78, 5) is 22.4. The number of rotatable bonds is 3. The number of nitrogens with one attached hydrogen (secondary N) is 1. The van der Waals surface area contributed by atoms with Gasteiger partial charge in [0.25, 0.3) is 11.6 Å². The summed E-state index contributed by atoms with van der Waals surface area (Å²) in [5, 5.41) is 13.5. The largest absolute Gasteiger partial charge is 0.321 e. The molecule has 0 aliphatic carbocycles. The van der Waals surface area contributed by atoms with Gasteiger partial charge < -0.3 is 5.32 Å². The summed E-state index contributed by atoms with van der Waals surface area (Å²) in [5.41, 5.74) is 0.501. The monoisotopic (exact) mass is 480 g/mol. The van der Waals surface area contributed by atoms with Crippen molar-refractivity contribution in [2.75, 3.05) is 5.32 Å². The molecule has 0 aliphatic heterocycles. The Morgan fingerprint density at radius 2 is 2.00 bits per heavy atom. The fourth-order valence-electron chi connectivity index (χ4n) is 1.58. The first-order valence-corrected chi connectivity index (χ1v) is 7.84. The van der Waals surface area contributed by atoms with Crippen LogP contribution in [0.1, 0.15) is 10.4 Å². The molecule has 2 aromatic rings. The maximum absolute atomic E-state index is 12.1. The van der Waals surface area contributed by atoms with E-state index in [9.17, 15) is 14.9 Å². The molecule has 5 nitrogen and oxygen atoms in total. The van der Waals surface area contributed by atoms with E-state index in [1.54, 1.807) is 12.1 Å². The number of halogens is 3. The van der Waals surface area contributed by atoms with Gasteiger partial charge in [0.15, 0.2) is 0 Å². The fraction of sp³-hybridized carbons (Fsp3) is 0. The molecule has 21 heavy (non-hydrogen) atoms. The van der Waals surface area contributed by atoms with E-state index in [0.29, 0.717) is 5.69 Å². The van der Waals surface area contributed by atoms with Gasteiger partial charge in [-0.3, -0.25) is 14.9 Å². The van der Waals surface area contributed by atoms with Gasteiger partial charge in [-0.2, -0.15) is 0 Å². The Kier molecular flexibility index (Phi) is 5.17. The molecule has 0 bridgehead atoms. The highest BCUT2D eigenvalue weighted by Gasteiger charge is 2.16. The molecule has 0 fully saturated rings. The van der Waals surface area contributed by atoms with Crippen LogP contribution in [-0.4, -0.2) is 10.8 Å². The van der Waals surface area contributed by atoms with Crippen LogP contribution in [0.5, 0.6) is 0 Å². The standard InChI is InChI=1S/C13H7BrClIN2O3/c14-8-2-4-11(10(16)6-8)17-13(19)7-1-3-9(15)12(5-7)18(20)21/h1-6H,(H,17,19). The first kappa shape index (κ1) is 16.2. The average Bonchev–Trinajstić information content (AvgIpc) is 2.42. The fourth-order valence-corrected chi connectivity index (χ4v) is 3.20. The summed E-state index contributed by atoms with van der Waals surface area (Å²) < 4.78 is 1.74. The minimum absolute atomic E-state index is 0.00484. The first-order valence-electron chi connectivity index (χ1n) is 5.59. The van der Waals surface area contributed by atoms with Crippen molar-refractivity contribution in [3.63, 3.8) is 0 Å². The van der Waals surface area contributed by atoms with E-state index in [1.165, 1.54) is 12.1 Å². The van der Waals surface area contributed by atoms with Gasteiger partial charge in [0, 0.05) is 19.7 Å². The lowest BCUT2D eigenvalue weighted by Crippen LogP contribution is -2.13. The number of carbonyl (C=O) groups is 1. The number of hydrogen-bond donors (Lipinski definition) is 1. The molecule has 0 spiro atoms. The van der Waals surface area contributed by atoms with Crippen molar-refractivity contribution in [3.05, 3.63) is 65.1 Å². The van der Waals surface area contributed by atoms with Gasteiger partial charge in [-0.05, 0) is 52.9 Å². The zero-order valence-corrected chi connectivity index (χ0v) is 14.8. The molecule has 0 saturated heterocycles. The lowest BCUT2D eigenvalue weighted by atomic mass is 10.2. The molecule has 0 heterocycles. The molecule has 1 amide bonds.